The highest BCUT2D eigenvalue weighted by Gasteiger charge is 2.54. The number of piperazine rings is 1. The van der Waals surface area contributed by atoms with Gasteiger partial charge in [0.1, 0.15) is 24.4 Å². The van der Waals surface area contributed by atoms with Gasteiger partial charge in [0.2, 0.25) is 11.8 Å². The molecule has 0 aliphatic carbocycles. The Morgan fingerprint density at radius 3 is 2.66 bits per heavy atom. The molecule has 0 radical (unpaired) electrons. The molecule has 2 aliphatic rings. The number of nitrogens with one attached hydrogen (secondary N) is 1. The fourth-order valence-corrected chi connectivity index (χ4v) is 4.62. The van der Waals surface area contributed by atoms with Gasteiger partial charge in [-0.1, -0.05) is 12.1 Å². The molecule has 0 spiro atoms. The van der Waals surface area contributed by atoms with E-state index in [-0.39, 0.29) is 31.4 Å². The number of ether oxygens (including phenoxy) is 1. The molecule has 32 heavy (non-hydrogen) atoms. The monoisotopic (exact) mass is 448 g/mol. The SMILES string of the molecule is C[N+](C)(C)CCCC[C@@H]1NC(=O)[C@H]2C[C@@H](C(=O)O)[C@@H](c3cccc(OCCO)c3)N2C1=O. The number of aliphatic carboxylic acids is 1. The van der Waals surface area contributed by atoms with Gasteiger partial charge >= 0.3 is 5.97 Å². The van der Waals surface area contributed by atoms with E-state index in [0.29, 0.717) is 17.7 Å². The molecule has 2 saturated heterocycles. The molecule has 0 bridgehead atoms. The average Bonchev–Trinajstić information content (AvgIpc) is 3.14. The number of carbonyl (C=O) groups is 3. The topological polar surface area (TPSA) is 116 Å². The van der Waals surface area contributed by atoms with Crippen molar-refractivity contribution in [3.8, 4) is 5.75 Å². The number of carboxylic acids is 1. The first kappa shape index (κ1) is 24.0. The molecule has 0 saturated carbocycles. The molecule has 4 atom stereocenters. The first-order chi connectivity index (χ1) is 15.1. The first-order valence-corrected chi connectivity index (χ1v) is 11.1. The van der Waals surface area contributed by atoms with Crippen molar-refractivity contribution in [3.63, 3.8) is 0 Å². The number of aliphatic hydroxyl groups is 1. The third kappa shape index (κ3) is 5.39. The van der Waals surface area contributed by atoms with Crippen LogP contribution in [0.4, 0.5) is 0 Å². The number of quaternary nitrogens is 1. The van der Waals surface area contributed by atoms with Crippen LogP contribution in [0.5, 0.6) is 5.75 Å². The van der Waals surface area contributed by atoms with Crippen LogP contribution in [0.15, 0.2) is 24.3 Å². The van der Waals surface area contributed by atoms with Crippen LogP contribution < -0.4 is 10.1 Å². The summed E-state index contributed by atoms with van der Waals surface area (Å²) in [5, 5.41) is 21.7. The van der Waals surface area contributed by atoms with Gasteiger partial charge in [-0.25, -0.2) is 0 Å². The van der Waals surface area contributed by atoms with E-state index in [1.807, 2.05) is 0 Å². The van der Waals surface area contributed by atoms with Gasteiger partial charge in [-0.3, -0.25) is 14.4 Å². The Labute approximate surface area is 188 Å². The average molecular weight is 449 g/mol. The van der Waals surface area contributed by atoms with Crippen LogP contribution in [0.3, 0.4) is 0 Å². The molecule has 176 valence electrons. The molecule has 2 amide bonds. The van der Waals surface area contributed by atoms with Crippen molar-refractivity contribution in [1.82, 2.24) is 10.2 Å². The number of amides is 2. The second-order valence-electron chi connectivity index (χ2n) is 9.60. The van der Waals surface area contributed by atoms with E-state index >= 15 is 0 Å². The van der Waals surface area contributed by atoms with Crippen LogP contribution in [-0.4, -0.2) is 90.4 Å². The molecule has 2 aliphatic heterocycles. The second kappa shape index (κ2) is 9.87. The Kier molecular flexibility index (Phi) is 7.40. The minimum absolute atomic E-state index is 0.0769. The number of hydrogen-bond donors (Lipinski definition) is 3. The summed E-state index contributed by atoms with van der Waals surface area (Å²) in [5.74, 6) is -1.96. The van der Waals surface area contributed by atoms with E-state index in [1.165, 1.54) is 4.90 Å². The van der Waals surface area contributed by atoms with Gasteiger partial charge in [-0.15, -0.1) is 0 Å². The fraction of sp³-hybridized carbons (Fsp3) is 0.609. The summed E-state index contributed by atoms with van der Waals surface area (Å²) in [4.78, 5) is 39.8. The van der Waals surface area contributed by atoms with E-state index in [4.69, 9.17) is 9.84 Å². The Bertz CT molecular complexity index is 852. The van der Waals surface area contributed by atoms with Crippen molar-refractivity contribution in [2.45, 2.75) is 43.8 Å². The maximum Gasteiger partial charge on any atom is 0.309 e. The van der Waals surface area contributed by atoms with E-state index in [2.05, 4.69) is 26.5 Å². The molecular formula is C23H34N3O6+. The highest BCUT2D eigenvalue weighted by molar-refractivity contribution is 5.98. The molecule has 2 heterocycles. The van der Waals surface area contributed by atoms with Crippen molar-refractivity contribution in [3.05, 3.63) is 29.8 Å². The Morgan fingerprint density at radius 1 is 1.25 bits per heavy atom. The third-order valence-corrected chi connectivity index (χ3v) is 6.11. The third-order valence-electron chi connectivity index (χ3n) is 6.11. The lowest BCUT2D eigenvalue weighted by atomic mass is 9.93. The van der Waals surface area contributed by atoms with Crippen LogP contribution in [0.2, 0.25) is 0 Å². The van der Waals surface area contributed by atoms with Crippen LogP contribution in [0.25, 0.3) is 0 Å². The van der Waals surface area contributed by atoms with Crippen molar-refractivity contribution >= 4 is 17.8 Å². The quantitative estimate of drug-likeness (QED) is 0.360. The largest absolute Gasteiger partial charge is 0.491 e. The predicted molar refractivity (Wildman–Crippen MR) is 117 cm³/mol. The van der Waals surface area contributed by atoms with E-state index in [9.17, 15) is 19.5 Å². The molecule has 2 fully saturated rings. The zero-order valence-corrected chi connectivity index (χ0v) is 19.0. The van der Waals surface area contributed by atoms with Crippen LogP contribution in [0.1, 0.15) is 37.3 Å². The molecule has 1 aromatic carbocycles. The standard InChI is InChI=1S/C23H33N3O6/c1-26(2,3)10-5-4-9-18-22(29)25-19(21(28)24-18)14-17(23(30)31)20(25)15-7-6-8-16(13-15)32-12-11-27/h6-8,13,17-20,27H,4-5,9-12,14H2,1-3H3,(H-,24,28,30,31)/p+1/t17-,18+,19-,20-/m1/s1. The van der Waals surface area contributed by atoms with Crippen molar-refractivity contribution in [1.29, 1.82) is 0 Å². The number of unbranched alkanes of at least 4 members (excludes halogenated alkanes) is 1. The zero-order valence-electron chi connectivity index (χ0n) is 19.0. The normalized spacial score (nSPS) is 25.4. The number of hydrogen-bond acceptors (Lipinski definition) is 5. The first-order valence-electron chi connectivity index (χ1n) is 11.1. The van der Waals surface area contributed by atoms with Gasteiger partial charge in [0.25, 0.3) is 0 Å². The summed E-state index contributed by atoms with van der Waals surface area (Å²) >= 11 is 0. The maximum atomic E-state index is 13.4. The molecule has 0 unspecified atom stereocenters. The van der Waals surface area contributed by atoms with Gasteiger partial charge in [0, 0.05) is 0 Å². The molecule has 3 rings (SSSR count). The highest BCUT2D eigenvalue weighted by atomic mass is 16.5. The van der Waals surface area contributed by atoms with Crippen LogP contribution >= 0.6 is 0 Å². The van der Waals surface area contributed by atoms with Crippen LogP contribution in [-0.2, 0) is 14.4 Å². The number of carboxylic acid groups (broad SMARTS) is 1. The summed E-state index contributed by atoms with van der Waals surface area (Å²) in [5.41, 5.74) is 0.613. The summed E-state index contributed by atoms with van der Waals surface area (Å²) in [7, 11) is 6.33. The lowest BCUT2D eigenvalue weighted by Crippen LogP contribution is -2.61. The van der Waals surface area contributed by atoms with Crippen molar-refractivity contribution in [2.75, 3.05) is 40.9 Å². The number of rotatable bonds is 10. The predicted octanol–water partition coefficient (Wildman–Crippen LogP) is 0.775. The number of benzene rings is 1. The smallest absolute Gasteiger partial charge is 0.309 e. The molecule has 9 nitrogen and oxygen atoms in total. The van der Waals surface area contributed by atoms with E-state index in [1.54, 1.807) is 24.3 Å². The molecule has 1 aromatic rings. The van der Waals surface area contributed by atoms with Gasteiger partial charge in [-0.05, 0) is 43.4 Å². The highest BCUT2D eigenvalue weighted by Crippen LogP contribution is 2.44. The number of nitrogens with zero attached hydrogens (tertiary/aromatic N) is 2. The fourth-order valence-electron chi connectivity index (χ4n) is 4.62. The second-order valence-corrected chi connectivity index (χ2v) is 9.60. The summed E-state index contributed by atoms with van der Waals surface area (Å²) in [6.45, 7) is 0.930. The molecule has 9 heteroatoms. The number of aliphatic hydroxyl groups excluding tert-OH is 1. The van der Waals surface area contributed by atoms with Gasteiger partial charge < -0.3 is 29.6 Å². The maximum absolute atomic E-state index is 13.4. The van der Waals surface area contributed by atoms with Gasteiger partial charge in [0.05, 0.1) is 46.3 Å². The summed E-state index contributed by atoms with van der Waals surface area (Å²) in [6.07, 6.45) is 2.33. The van der Waals surface area contributed by atoms with Gasteiger partial charge in [0.15, 0.2) is 0 Å². The summed E-state index contributed by atoms with van der Waals surface area (Å²) in [6, 6.07) is 4.70. The summed E-state index contributed by atoms with van der Waals surface area (Å²) < 4.78 is 6.30. The Balaban J connectivity index is 1.82. The minimum Gasteiger partial charge on any atom is -0.491 e. The Morgan fingerprint density at radius 2 is 2.00 bits per heavy atom. The van der Waals surface area contributed by atoms with Crippen molar-refractivity contribution < 1.29 is 33.8 Å². The number of fused-ring (bicyclic) bond motifs is 1. The van der Waals surface area contributed by atoms with Gasteiger partial charge in [-0.2, -0.15) is 0 Å². The molecular weight excluding hydrogens is 414 g/mol. The zero-order chi connectivity index (χ0) is 23.5. The lowest BCUT2D eigenvalue weighted by molar-refractivity contribution is -0.870. The molecule has 0 aromatic heterocycles. The Hall–Kier alpha value is -2.65. The minimum atomic E-state index is -1.04. The van der Waals surface area contributed by atoms with Crippen LogP contribution in [0, 0.1) is 5.92 Å². The lowest BCUT2D eigenvalue weighted by Gasteiger charge is -2.38. The van der Waals surface area contributed by atoms with E-state index in [0.717, 1.165) is 23.9 Å². The molecule has 3 N–H and O–H groups in total. The van der Waals surface area contributed by atoms with Crippen molar-refractivity contribution in [2.24, 2.45) is 5.92 Å². The number of carbonyl (C=O) groups excluding carboxylic acids is 2. The van der Waals surface area contributed by atoms with E-state index < -0.39 is 30.0 Å².